The lowest BCUT2D eigenvalue weighted by atomic mass is 9.98. The summed E-state index contributed by atoms with van der Waals surface area (Å²) in [5, 5.41) is 20.2. The molecule has 7 N–H and O–H groups in total. The quantitative estimate of drug-likeness (QED) is 0.0792. The molecular formula is C41H59N5O10. The van der Waals surface area contributed by atoms with E-state index < -0.39 is 78.0 Å². The molecule has 5 atom stereocenters. The van der Waals surface area contributed by atoms with Crippen LogP contribution < -0.4 is 27.0 Å². The fourth-order valence-electron chi connectivity index (χ4n) is 6.13. The number of aliphatic carboxylic acids is 1. The highest BCUT2D eigenvalue weighted by molar-refractivity contribution is 5.96. The lowest BCUT2D eigenvalue weighted by Crippen LogP contribution is -2.61. The first-order valence-electron chi connectivity index (χ1n) is 19.4. The molecule has 15 nitrogen and oxygen atoms in total. The van der Waals surface area contributed by atoms with Gasteiger partial charge in [-0.1, -0.05) is 67.1 Å². The van der Waals surface area contributed by atoms with E-state index in [9.17, 15) is 33.9 Å². The Balaban J connectivity index is 1.92. The summed E-state index contributed by atoms with van der Waals surface area (Å²) in [7, 11) is 0. The van der Waals surface area contributed by atoms with Crippen molar-refractivity contribution in [3.63, 3.8) is 0 Å². The van der Waals surface area contributed by atoms with Crippen LogP contribution in [0.3, 0.4) is 0 Å². The minimum atomic E-state index is -1.57. The zero-order valence-electron chi connectivity index (χ0n) is 32.9. The molecule has 4 amide bonds. The standard InChI is InChI=1S/C41H59N5O10/c1-27(54-26-29-18-10-6-11-19-29)35(46-37(49)32(24-28-16-8-5-9-17-28)45-40(53)56-41(2,3)4)38(50)44-33(25-34(47)55-30-20-12-7-13-21-30)36(48)43-31(39(51)52)22-14-15-23-42/h5-6,8-11,16-19,27,30-33,35H,7,12-15,20-26,42H2,1-4H3,(H,43,48)(H,44,50)(H,45,53)(H,46,49)(H,51,52)/t27-,31+,32+,33+,35+/m1/s1. The summed E-state index contributed by atoms with van der Waals surface area (Å²) >= 11 is 0. The third-order valence-electron chi connectivity index (χ3n) is 9.11. The Hall–Kier alpha value is -5.02. The molecule has 0 aromatic heterocycles. The van der Waals surface area contributed by atoms with Crippen molar-refractivity contribution in [1.29, 1.82) is 0 Å². The van der Waals surface area contributed by atoms with E-state index in [1.54, 1.807) is 52.0 Å². The highest BCUT2D eigenvalue weighted by Gasteiger charge is 2.36. The number of carbonyl (C=O) groups is 6. The number of carboxylic acids is 1. The van der Waals surface area contributed by atoms with Crippen LogP contribution in [-0.4, -0.2) is 89.4 Å². The monoisotopic (exact) mass is 781 g/mol. The first kappa shape index (κ1) is 45.4. The molecule has 2 aromatic carbocycles. The number of hydrogen-bond donors (Lipinski definition) is 6. The molecule has 56 heavy (non-hydrogen) atoms. The van der Waals surface area contributed by atoms with Crippen molar-refractivity contribution in [1.82, 2.24) is 21.3 Å². The Bertz CT molecular complexity index is 1560. The number of nitrogens with one attached hydrogen (secondary N) is 4. The number of rotatable bonds is 21. The molecule has 15 heteroatoms. The summed E-state index contributed by atoms with van der Waals surface area (Å²) < 4.78 is 17.1. The molecule has 0 unspecified atom stereocenters. The van der Waals surface area contributed by atoms with Crippen molar-refractivity contribution in [2.24, 2.45) is 5.73 Å². The van der Waals surface area contributed by atoms with Crippen LogP contribution in [0.5, 0.6) is 0 Å². The van der Waals surface area contributed by atoms with Gasteiger partial charge in [0.05, 0.1) is 19.1 Å². The van der Waals surface area contributed by atoms with Gasteiger partial charge in [-0.25, -0.2) is 9.59 Å². The van der Waals surface area contributed by atoms with Gasteiger partial charge in [-0.15, -0.1) is 0 Å². The van der Waals surface area contributed by atoms with Crippen molar-refractivity contribution in [2.75, 3.05) is 6.54 Å². The maximum absolute atomic E-state index is 14.3. The van der Waals surface area contributed by atoms with Crippen molar-refractivity contribution >= 4 is 35.8 Å². The van der Waals surface area contributed by atoms with E-state index in [1.807, 2.05) is 36.4 Å². The minimum Gasteiger partial charge on any atom is -0.480 e. The number of unbranched alkanes of at least 4 members (excludes halogenated alkanes) is 1. The molecule has 1 aliphatic carbocycles. The van der Waals surface area contributed by atoms with Crippen LogP contribution in [0, 0.1) is 0 Å². The van der Waals surface area contributed by atoms with Crippen LogP contribution in [0.4, 0.5) is 4.79 Å². The van der Waals surface area contributed by atoms with Gasteiger partial charge in [-0.3, -0.25) is 19.2 Å². The average Bonchev–Trinajstić information content (AvgIpc) is 3.15. The molecular weight excluding hydrogens is 722 g/mol. The summed E-state index contributed by atoms with van der Waals surface area (Å²) in [5.41, 5.74) is 6.21. The topological polar surface area (TPSA) is 224 Å². The number of carboxylic acid groups (broad SMARTS) is 1. The number of amides is 4. The van der Waals surface area contributed by atoms with Crippen LogP contribution in [-0.2, 0) is 51.2 Å². The molecule has 3 rings (SSSR count). The van der Waals surface area contributed by atoms with Crippen molar-refractivity contribution < 1.29 is 48.1 Å². The van der Waals surface area contributed by atoms with E-state index in [1.165, 1.54) is 0 Å². The zero-order chi connectivity index (χ0) is 41.1. The van der Waals surface area contributed by atoms with Crippen molar-refractivity contribution in [3.05, 3.63) is 71.8 Å². The number of benzene rings is 2. The van der Waals surface area contributed by atoms with Crippen molar-refractivity contribution in [3.8, 4) is 0 Å². The van der Waals surface area contributed by atoms with Gasteiger partial charge in [0, 0.05) is 6.42 Å². The van der Waals surface area contributed by atoms with Crippen LogP contribution in [0.2, 0.25) is 0 Å². The number of nitrogens with two attached hydrogens (primary N) is 1. The molecule has 0 saturated heterocycles. The second kappa shape index (κ2) is 23.1. The number of ether oxygens (including phenoxy) is 3. The Kier molecular flexibility index (Phi) is 18.7. The van der Waals surface area contributed by atoms with Crippen molar-refractivity contribution in [2.45, 2.75) is 140 Å². The molecule has 1 saturated carbocycles. The number of alkyl carbamates (subject to hydrolysis) is 1. The van der Waals surface area contributed by atoms with E-state index in [0.29, 0.717) is 37.8 Å². The molecule has 2 aromatic rings. The predicted molar refractivity (Wildman–Crippen MR) is 208 cm³/mol. The van der Waals surface area contributed by atoms with Gasteiger partial charge in [-0.05, 0) is 90.3 Å². The molecule has 0 bridgehead atoms. The molecule has 0 heterocycles. The van der Waals surface area contributed by atoms with Gasteiger partial charge in [0.1, 0.15) is 35.9 Å². The number of hydrogen-bond acceptors (Lipinski definition) is 10. The van der Waals surface area contributed by atoms with Crippen LogP contribution in [0.25, 0.3) is 0 Å². The fourth-order valence-corrected chi connectivity index (χ4v) is 6.13. The smallest absolute Gasteiger partial charge is 0.408 e. The summed E-state index contributed by atoms with van der Waals surface area (Å²) in [4.78, 5) is 80.3. The molecule has 1 aliphatic rings. The van der Waals surface area contributed by atoms with Crippen LogP contribution >= 0.6 is 0 Å². The van der Waals surface area contributed by atoms with E-state index in [4.69, 9.17) is 19.9 Å². The molecule has 0 aliphatic heterocycles. The van der Waals surface area contributed by atoms with Gasteiger partial charge in [0.15, 0.2) is 0 Å². The lowest BCUT2D eigenvalue weighted by Gasteiger charge is -2.29. The minimum absolute atomic E-state index is 0.0400. The van der Waals surface area contributed by atoms with Gasteiger partial charge in [-0.2, -0.15) is 0 Å². The Morgan fingerprint density at radius 3 is 1.95 bits per heavy atom. The lowest BCUT2D eigenvalue weighted by molar-refractivity contribution is -0.153. The maximum Gasteiger partial charge on any atom is 0.408 e. The first-order valence-corrected chi connectivity index (χ1v) is 19.4. The van der Waals surface area contributed by atoms with E-state index in [-0.39, 0.29) is 25.6 Å². The summed E-state index contributed by atoms with van der Waals surface area (Å²) in [6.07, 6.45) is 2.39. The molecule has 308 valence electrons. The van der Waals surface area contributed by atoms with E-state index >= 15 is 0 Å². The summed E-state index contributed by atoms with van der Waals surface area (Å²) in [5.74, 6) is -4.60. The van der Waals surface area contributed by atoms with Crippen LogP contribution in [0.15, 0.2) is 60.7 Å². The zero-order valence-corrected chi connectivity index (χ0v) is 32.9. The maximum atomic E-state index is 14.3. The van der Waals surface area contributed by atoms with E-state index in [0.717, 1.165) is 24.8 Å². The van der Waals surface area contributed by atoms with Gasteiger partial charge >= 0.3 is 18.0 Å². The Morgan fingerprint density at radius 2 is 1.36 bits per heavy atom. The normalized spacial score (nSPS) is 15.9. The van der Waals surface area contributed by atoms with Gasteiger partial charge < -0.3 is 46.3 Å². The number of carbonyl (C=O) groups excluding carboxylic acids is 5. The highest BCUT2D eigenvalue weighted by atomic mass is 16.6. The highest BCUT2D eigenvalue weighted by Crippen LogP contribution is 2.21. The SMILES string of the molecule is C[C@@H](OCc1ccccc1)[C@H](NC(=O)[C@H](Cc1ccccc1)NC(=O)OC(C)(C)C)C(=O)N[C@@H](CC(=O)OC1CCCCC1)C(=O)N[C@@H](CCCCN)C(=O)O. The molecule has 0 spiro atoms. The predicted octanol–water partition coefficient (Wildman–Crippen LogP) is 3.66. The molecule has 1 fully saturated rings. The fraction of sp³-hybridized carbons (Fsp3) is 0.561. The van der Waals surface area contributed by atoms with E-state index in [2.05, 4.69) is 21.3 Å². The Morgan fingerprint density at radius 1 is 0.768 bits per heavy atom. The third kappa shape index (κ3) is 16.8. The summed E-state index contributed by atoms with van der Waals surface area (Å²) in [6.45, 7) is 7.00. The van der Waals surface area contributed by atoms with Gasteiger partial charge in [0.25, 0.3) is 0 Å². The number of esters is 1. The second-order valence-corrected chi connectivity index (χ2v) is 15.1. The molecule has 0 radical (unpaired) electrons. The first-order chi connectivity index (χ1) is 26.6. The second-order valence-electron chi connectivity index (χ2n) is 15.1. The average molecular weight is 782 g/mol. The Labute approximate surface area is 329 Å². The van der Waals surface area contributed by atoms with Gasteiger partial charge in [0.2, 0.25) is 17.7 Å². The largest absolute Gasteiger partial charge is 0.480 e. The van der Waals surface area contributed by atoms with Crippen LogP contribution in [0.1, 0.15) is 96.6 Å². The third-order valence-corrected chi connectivity index (χ3v) is 9.11. The summed E-state index contributed by atoms with van der Waals surface area (Å²) in [6, 6.07) is 12.5.